The number of aryl methyl sites for hydroxylation is 2. The molecular weight excluding hydrogens is 348 g/mol. The second-order valence-electron chi connectivity index (χ2n) is 8.19. The van der Waals surface area contributed by atoms with Gasteiger partial charge in [0.2, 0.25) is 5.95 Å². The Bertz CT molecular complexity index is 811. The lowest BCUT2D eigenvalue weighted by Crippen LogP contribution is -2.41. The van der Waals surface area contributed by atoms with E-state index in [9.17, 15) is 0 Å². The second kappa shape index (κ2) is 8.17. The van der Waals surface area contributed by atoms with Gasteiger partial charge in [-0.25, -0.2) is 9.97 Å². The monoisotopic (exact) mass is 378 g/mol. The van der Waals surface area contributed by atoms with Crippen molar-refractivity contribution in [1.82, 2.24) is 9.97 Å². The number of hydrogen-bond acceptors (Lipinski definition) is 4. The smallest absolute Gasteiger partial charge is 0.229 e. The minimum absolute atomic E-state index is 0.167. The normalized spacial score (nSPS) is 21.7. The molecule has 1 aliphatic carbocycles. The maximum atomic E-state index is 8.14. The quantitative estimate of drug-likeness (QED) is 0.539. The minimum Gasteiger partial charge on any atom is -0.371 e. The number of guanidine groups is 1. The van der Waals surface area contributed by atoms with Crippen molar-refractivity contribution in [2.45, 2.75) is 46.0 Å². The molecule has 0 bridgehead atoms. The fraction of sp³-hybridized carbons (Fsp3) is 0.500. The molecule has 1 aromatic heterocycles. The third-order valence-electron chi connectivity index (χ3n) is 6.01. The van der Waals surface area contributed by atoms with Gasteiger partial charge in [-0.1, -0.05) is 19.3 Å². The van der Waals surface area contributed by atoms with E-state index >= 15 is 0 Å². The first-order valence-electron chi connectivity index (χ1n) is 10.4. The molecule has 1 aliphatic heterocycles. The molecule has 6 nitrogen and oxygen atoms in total. The van der Waals surface area contributed by atoms with Crippen LogP contribution < -0.4 is 15.5 Å². The Labute approximate surface area is 167 Å². The van der Waals surface area contributed by atoms with Gasteiger partial charge in [-0.2, -0.15) is 0 Å². The van der Waals surface area contributed by atoms with Crippen molar-refractivity contribution >= 4 is 23.3 Å². The molecule has 2 unspecified atom stereocenters. The standard InChI is InChI=1S/C22H30N6/c1-15-13-16(2)25-22(24-15)27-21(23)26-19-7-9-20(10-8-19)28-12-11-17-5-3-4-6-18(17)14-28/h7-10,13,17-18H,3-6,11-12,14H2,1-2H3,(H3,23,24,25,26,27). The van der Waals surface area contributed by atoms with Gasteiger partial charge in [0.05, 0.1) is 0 Å². The first kappa shape index (κ1) is 18.7. The predicted octanol–water partition coefficient (Wildman–Crippen LogP) is 4.57. The summed E-state index contributed by atoms with van der Waals surface area (Å²) in [5, 5.41) is 14.1. The van der Waals surface area contributed by atoms with Gasteiger partial charge in [0.15, 0.2) is 5.96 Å². The number of hydrogen-bond donors (Lipinski definition) is 3. The van der Waals surface area contributed by atoms with Gasteiger partial charge >= 0.3 is 0 Å². The van der Waals surface area contributed by atoms with Gasteiger partial charge in [-0.15, -0.1) is 0 Å². The highest BCUT2D eigenvalue weighted by Gasteiger charge is 2.31. The van der Waals surface area contributed by atoms with Crippen LogP contribution in [0.15, 0.2) is 30.3 Å². The predicted molar refractivity (Wildman–Crippen MR) is 115 cm³/mol. The number of piperidine rings is 1. The summed E-state index contributed by atoms with van der Waals surface area (Å²) in [7, 11) is 0. The molecule has 6 heteroatoms. The third-order valence-corrected chi connectivity index (χ3v) is 6.01. The van der Waals surface area contributed by atoms with Crippen LogP contribution in [0, 0.1) is 31.1 Å². The Morgan fingerprint density at radius 2 is 1.64 bits per heavy atom. The van der Waals surface area contributed by atoms with Gasteiger partial charge in [0.25, 0.3) is 0 Å². The number of aromatic nitrogens is 2. The van der Waals surface area contributed by atoms with E-state index in [4.69, 9.17) is 5.41 Å². The van der Waals surface area contributed by atoms with Crippen molar-refractivity contribution in [2.75, 3.05) is 28.6 Å². The Morgan fingerprint density at radius 3 is 2.36 bits per heavy atom. The maximum absolute atomic E-state index is 8.14. The molecule has 4 rings (SSSR count). The van der Waals surface area contributed by atoms with Crippen LogP contribution in [0.25, 0.3) is 0 Å². The van der Waals surface area contributed by atoms with Crippen molar-refractivity contribution in [2.24, 2.45) is 11.8 Å². The molecule has 2 aliphatic rings. The molecule has 28 heavy (non-hydrogen) atoms. The molecule has 2 aromatic rings. The van der Waals surface area contributed by atoms with Crippen LogP contribution >= 0.6 is 0 Å². The van der Waals surface area contributed by atoms with E-state index in [1.807, 2.05) is 32.0 Å². The Morgan fingerprint density at radius 1 is 0.964 bits per heavy atom. The van der Waals surface area contributed by atoms with Gasteiger partial charge < -0.3 is 10.2 Å². The van der Waals surface area contributed by atoms with E-state index in [0.29, 0.717) is 5.95 Å². The highest BCUT2D eigenvalue weighted by molar-refractivity contribution is 6.00. The van der Waals surface area contributed by atoms with Crippen molar-refractivity contribution in [1.29, 1.82) is 5.41 Å². The molecule has 0 amide bonds. The Balaban J connectivity index is 1.34. The van der Waals surface area contributed by atoms with Crippen LogP contribution in [0.2, 0.25) is 0 Å². The molecule has 3 N–H and O–H groups in total. The summed E-state index contributed by atoms with van der Waals surface area (Å²) in [6.07, 6.45) is 6.98. The van der Waals surface area contributed by atoms with Crippen LogP contribution in [0.5, 0.6) is 0 Å². The van der Waals surface area contributed by atoms with Crippen molar-refractivity contribution in [3.05, 3.63) is 41.7 Å². The summed E-state index contributed by atoms with van der Waals surface area (Å²) in [6, 6.07) is 10.3. The van der Waals surface area contributed by atoms with Crippen molar-refractivity contribution < 1.29 is 0 Å². The Hall–Kier alpha value is -2.63. The molecule has 1 saturated heterocycles. The van der Waals surface area contributed by atoms with Gasteiger partial charge in [-0.05, 0) is 68.9 Å². The van der Waals surface area contributed by atoms with E-state index in [0.717, 1.165) is 35.5 Å². The highest BCUT2D eigenvalue weighted by atomic mass is 15.2. The summed E-state index contributed by atoms with van der Waals surface area (Å²) < 4.78 is 0. The number of fused-ring (bicyclic) bond motifs is 1. The molecule has 2 fully saturated rings. The lowest BCUT2D eigenvalue weighted by atomic mass is 9.75. The average molecular weight is 379 g/mol. The molecule has 2 heterocycles. The molecule has 2 atom stereocenters. The molecule has 1 saturated carbocycles. The largest absolute Gasteiger partial charge is 0.371 e. The molecule has 0 spiro atoms. The van der Waals surface area contributed by atoms with Crippen LogP contribution in [-0.2, 0) is 0 Å². The SMILES string of the molecule is Cc1cc(C)nc(NC(=N)Nc2ccc(N3CCC4CCCCC4C3)cc2)n1. The zero-order valence-corrected chi connectivity index (χ0v) is 16.8. The fourth-order valence-electron chi connectivity index (χ4n) is 4.66. The van der Waals surface area contributed by atoms with Crippen molar-refractivity contribution in [3.8, 4) is 0 Å². The molecular formula is C22H30N6. The molecule has 0 radical (unpaired) electrons. The number of benzene rings is 1. The molecule has 148 valence electrons. The topological polar surface area (TPSA) is 76.9 Å². The Kier molecular flexibility index (Phi) is 5.46. The van der Waals surface area contributed by atoms with Gasteiger partial charge in [-0.3, -0.25) is 10.7 Å². The van der Waals surface area contributed by atoms with E-state index in [2.05, 4.69) is 37.6 Å². The third kappa shape index (κ3) is 4.43. The van der Waals surface area contributed by atoms with E-state index < -0.39 is 0 Å². The van der Waals surface area contributed by atoms with Gasteiger partial charge in [0, 0.05) is 35.9 Å². The first-order chi connectivity index (χ1) is 13.6. The number of nitrogens with zero attached hydrogens (tertiary/aromatic N) is 3. The van der Waals surface area contributed by atoms with E-state index in [1.165, 1.54) is 44.3 Å². The number of rotatable bonds is 3. The lowest BCUT2D eigenvalue weighted by Gasteiger charge is -2.42. The summed E-state index contributed by atoms with van der Waals surface area (Å²) in [4.78, 5) is 11.2. The summed E-state index contributed by atoms with van der Waals surface area (Å²) in [5.41, 5.74) is 3.94. The van der Waals surface area contributed by atoms with Crippen molar-refractivity contribution in [3.63, 3.8) is 0 Å². The summed E-state index contributed by atoms with van der Waals surface area (Å²) >= 11 is 0. The number of anilines is 3. The van der Waals surface area contributed by atoms with Gasteiger partial charge in [0.1, 0.15) is 0 Å². The highest BCUT2D eigenvalue weighted by Crippen LogP contribution is 2.37. The van der Waals surface area contributed by atoms with E-state index in [-0.39, 0.29) is 5.96 Å². The summed E-state index contributed by atoms with van der Waals surface area (Å²) in [5.74, 6) is 2.43. The van der Waals surface area contributed by atoms with Crippen LogP contribution in [-0.4, -0.2) is 29.0 Å². The lowest BCUT2D eigenvalue weighted by molar-refractivity contribution is 0.202. The number of nitrogens with one attached hydrogen (secondary N) is 3. The summed E-state index contributed by atoms with van der Waals surface area (Å²) in [6.45, 7) is 6.20. The second-order valence-corrected chi connectivity index (χ2v) is 8.19. The van der Waals surface area contributed by atoms with Crippen LogP contribution in [0.4, 0.5) is 17.3 Å². The first-order valence-corrected chi connectivity index (χ1v) is 10.4. The average Bonchev–Trinajstić information content (AvgIpc) is 2.67. The van der Waals surface area contributed by atoms with Crippen LogP contribution in [0.1, 0.15) is 43.5 Å². The minimum atomic E-state index is 0.167. The van der Waals surface area contributed by atoms with E-state index in [1.54, 1.807) is 0 Å². The fourth-order valence-corrected chi connectivity index (χ4v) is 4.66. The zero-order valence-electron chi connectivity index (χ0n) is 16.8. The zero-order chi connectivity index (χ0) is 19.5. The maximum Gasteiger partial charge on any atom is 0.229 e. The van der Waals surface area contributed by atoms with Crippen LogP contribution in [0.3, 0.4) is 0 Å². The molecule has 1 aromatic carbocycles.